The molecule has 2 aromatic rings. The Morgan fingerprint density at radius 2 is 2.11 bits per heavy atom. The summed E-state index contributed by atoms with van der Waals surface area (Å²) in [5.74, 6) is -0.729. The minimum atomic E-state index is -4.83. The van der Waals surface area contributed by atoms with Crippen molar-refractivity contribution in [3.63, 3.8) is 0 Å². The van der Waals surface area contributed by atoms with Crippen LogP contribution in [0.1, 0.15) is 25.0 Å². The molecule has 0 bridgehead atoms. The van der Waals surface area contributed by atoms with Crippen molar-refractivity contribution in [1.29, 1.82) is 0 Å². The molecule has 1 saturated carbocycles. The van der Waals surface area contributed by atoms with E-state index in [0.29, 0.717) is 27.6 Å². The van der Waals surface area contributed by atoms with Crippen LogP contribution in [0.25, 0.3) is 0 Å². The minimum Gasteiger partial charge on any atom is -0.406 e. The number of hydrogen-bond acceptors (Lipinski definition) is 5. The molecule has 0 saturated heterocycles. The number of carbonyl (C=O) groups is 1. The van der Waals surface area contributed by atoms with Gasteiger partial charge < -0.3 is 15.4 Å². The van der Waals surface area contributed by atoms with E-state index in [4.69, 9.17) is 16.3 Å². The molecule has 1 amide bonds. The molecule has 1 aliphatic rings. The summed E-state index contributed by atoms with van der Waals surface area (Å²) in [6.07, 6.45) is -1.94. The minimum absolute atomic E-state index is 0.308. The Labute approximate surface area is 172 Å². The average molecular weight is 480 g/mol. The maximum absolute atomic E-state index is 13.4. The van der Waals surface area contributed by atoms with Crippen LogP contribution in [-0.2, 0) is 6.18 Å². The van der Waals surface area contributed by atoms with E-state index in [0.717, 1.165) is 25.5 Å². The summed E-state index contributed by atoms with van der Waals surface area (Å²) in [6, 6.07) is 4.68. The van der Waals surface area contributed by atoms with Gasteiger partial charge in [-0.1, -0.05) is 18.0 Å². The highest BCUT2D eigenvalue weighted by Crippen LogP contribution is 2.36. The number of nitrogens with one attached hydrogen (secondary N) is 2. The lowest BCUT2D eigenvalue weighted by atomic mass is 9.85. The molecule has 0 atom stereocenters. The molecular formula is C17H15BrClF3N4O2. The first-order chi connectivity index (χ1) is 13.2. The van der Waals surface area contributed by atoms with Crippen LogP contribution >= 0.6 is 27.5 Å². The molecule has 1 aromatic carbocycles. The third-order valence-electron chi connectivity index (χ3n) is 4.16. The summed E-state index contributed by atoms with van der Waals surface area (Å²) >= 11 is 9.09. The van der Waals surface area contributed by atoms with Crippen molar-refractivity contribution < 1.29 is 22.7 Å². The van der Waals surface area contributed by atoms with Crippen molar-refractivity contribution in [1.82, 2.24) is 15.3 Å². The zero-order chi connectivity index (χ0) is 20.3. The molecule has 28 heavy (non-hydrogen) atoms. The summed E-state index contributed by atoms with van der Waals surface area (Å²) in [5.41, 5.74) is -0.932. The van der Waals surface area contributed by atoms with Gasteiger partial charge in [0, 0.05) is 16.0 Å². The summed E-state index contributed by atoms with van der Waals surface area (Å²) in [7, 11) is 0. The average Bonchev–Trinajstić information content (AvgIpc) is 2.56. The number of anilines is 2. The van der Waals surface area contributed by atoms with Crippen molar-refractivity contribution in [3.8, 4) is 5.75 Å². The Bertz CT molecular complexity index is 878. The number of aromatic nitrogens is 2. The van der Waals surface area contributed by atoms with Gasteiger partial charge in [-0.15, -0.1) is 0 Å². The summed E-state index contributed by atoms with van der Waals surface area (Å²) in [5, 5.41) is 5.57. The van der Waals surface area contributed by atoms with Crippen molar-refractivity contribution in [2.24, 2.45) is 5.92 Å². The topological polar surface area (TPSA) is 76.1 Å². The van der Waals surface area contributed by atoms with Gasteiger partial charge in [0.1, 0.15) is 0 Å². The van der Waals surface area contributed by atoms with Gasteiger partial charge in [0.05, 0.1) is 11.9 Å². The second-order valence-corrected chi connectivity index (χ2v) is 7.51. The molecule has 0 radical (unpaired) electrons. The lowest BCUT2D eigenvalue weighted by Crippen LogP contribution is -2.34. The first-order valence-electron chi connectivity index (χ1n) is 8.34. The number of hydrogen-bond donors (Lipinski definition) is 2. The van der Waals surface area contributed by atoms with Crippen molar-refractivity contribution >= 4 is 45.3 Å². The van der Waals surface area contributed by atoms with Crippen molar-refractivity contribution in [2.75, 3.05) is 11.9 Å². The van der Waals surface area contributed by atoms with Gasteiger partial charge in [0.2, 0.25) is 5.95 Å². The van der Waals surface area contributed by atoms with Gasteiger partial charge in [-0.25, -0.2) is 14.8 Å². The zero-order valence-electron chi connectivity index (χ0n) is 14.3. The van der Waals surface area contributed by atoms with E-state index >= 15 is 0 Å². The number of amides is 1. The number of halogens is 5. The first kappa shape index (κ1) is 20.7. The van der Waals surface area contributed by atoms with E-state index in [1.807, 2.05) is 0 Å². The lowest BCUT2D eigenvalue weighted by molar-refractivity contribution is -0.142. The van der Waals surface area contributed by atoms with Crippen LogP contribution in [0.5, 0.6) is 5.75 Å². The molecule has 1 aromatic heterocycles. The summed E-state index contributed by atoms with van der Waals surface area (Å²) < 4.78 is 45.4. The molecule has 1 aliphatic carbocycles. The van der Waals surface area contributed by atoms with Crippen molar-refractivity contribution in [3.05, 3.63) is 39.6 Å². The van der Waals surface area contributed by atoms with Crippen molar-refractivity contribution in [2.45, 2.75) is 25.4 Å². The molecule has 0 aliphatic heterocycles. The van der Waals surface area contributed by atoms with Gasteiger partial charge in [-0.2, -0.15) is 13.2 Å². The fourth-order valence-corrected chi connectivity index (χ4v) is 3.26. The van der Waals surface area contributed by atoms with E-state index in [1.54, 1.807) is 18.2 Å². The molecule has 1 fully saturated rings. The quantitative estimate of drug-likeness (QED) is 0.589. The van der Waals surface area contributed by atoms with Crippen LogP contribution in [-0.4, -0.2) is 22.6 Å². The molecule has 2 N–H and O–H groups in total. The molecule has 150 valence electrons. The Morgan fingerprint density at radius 3 is 2.71 bits per heavy atom. The summed E-state index contributed by atoms with van der Waals surface area (Å²) in [4.78, 5) is 19.1. The maximum Gasteiger partial charge on any atom is 0.437 e. The highest BCUT2D eigenvalue weighted by molar-refractivity contribution is 9.10. The standard InChI is InChI=1S/C17H15BrClF3N4O2/c18-11-6-10(19)4-5-12(11)25-15-23-8-13(14(26-15)17(20,21)22)28-16(27)24-7-9-2-1-3-9/h4-6,8-9H,1-3,7H2,(H,24,27)(H,23,25,26). The van der Waals surface area contributed by atoms with E-state index in [9.17, 15) is 18.0 Å². The van der Waals surface area contributed by atoms with Crippen LogP contribution < -0.4 is 15.4 Å². The number of carbonyl (C=O) groups excluding carboxylic acids is 1. The number of nitrogens with zero attached hydrogens (tertiary/aromatic N) is 2. The van der Waals surface area contributed by atoms with E-state index in [2.05, 4.69) is 36.5 Å². The normalized spacial score (nSPS) is 14.3. The Balaban J connectivity index is 1.76. The van der Waals surface area contributed by atoms with Crippen LogP contribution in [0.4, 0.5) is 29.6 Å². The van der Waals surface area contributed by atoms with Crippen LogP contribution in [0, 0.1) is 5.92 Å². The maximum atomic E-state index is 13.4. The third kappa shape index (κ3) is 5.26. The van der Waals surface area contributed by atoms with E-state index < -0.39 is 23.7 Å². The molecule has 0 unspecified atom stereocenters. The van der Waals surface area contributed by atoms with E-state index in [1.165, 1.54) is 0 Å². The lowest BCUT2D eigenvalue weighted by Gasteiger charge is -2.25. The number of alkyl halides is 3. The van der Waals surface area contributed by atoms with Gasteiger partial charge >= 0.3 is 12.3 Å². The number of ether oxygens (including phenoxy) is 1. The first-order valence-corrected chi connectivity index (χ1v) is 9.51. The molecule has 0 spiro atoms. The monoisotopic (exact) mass is 478 g/mol. The SMILES string of the molecule is O=C(NCC1CCC1)Oc1cnc(Nc2ccc(Cl)cc2Br)nc1C(F)(F)F. The Morgan fingerprint density at radius 1 is 1.36 bits per heavy atom. The van der Waals surface area contributed by atoms with Gasteiger partial charge in [-0.05, 0) is 52.9 Å². The largest absolute Gasteiger partial charge is 0.437 e. The predicted octanol–water partition coefficient (Wildman–Crippen LogP) is 5.54. The van der Waals surface area contributed by atoms with Crippen LogP contribution in [0.15, 0.2) is 28.9 Å². The molecular weight excluding hydrogens is 465 g/mol. The van der Waals surface area contributed by atoms with E-state index in [-0.39, 0.29) is 5.95 Å². The molecule has 6 nitrogen and oxygen atoms in total. The Kier molecular flexibility index (Phi) is 6.29. The van der Waals surface area contributed by atoms with Crippen LogP contribution in [0.2, 0.25) is 5.02 Å². The number of rotatable bonds is 5. The molecule has 3 rings (SSSR count). The highest BCUT2D eigenvalue weighted by atomic mass is 79.9. The molecule has 1 heterocycles. The fraction of sp³-hybridized carbons (Fsp3) is 0.353. The molecule has 11 heteroatoms. The zero-order valence-corrected chi connectivity index (χ0v) is 16.7. The predicted molar refractivity (Wildman–Crippen MR) is 101 cm³/mol. The van der Waals surface area contributed by atoms with Crippen LogP contribution in [0.3, 0.4) is 0 Å². The van der Waals surface area contributed by atoms with Gasteiger partial charge in [-0.3, -0.25) is 0 Å². The number of benzene rings is 1. The third-order valence-corrected chi connectivity index (χ3v) is 5.05. The van der Waals surface area contributed by atoms with Gasteiger partial charge in [0.15, 0.2) is 11.4 Å². The smallest absolute Gasteiger partial charge is 0.406 e. The highest BCUT2D eigenvalue weighted by Gasteiger charge is 2.38. The Hall–Kier alpha value is -2.07. The second-order valence-electron chi connectivity index (χ2n) is 6.22. The second kappa shape index (κ2) is 8.52. The summed E-state index contributed by atoms with van der Waals surface area (Å²) in [6.45, 7) is 0.366. The fourth-order valence-electron chi connectivity index (χ4n) is 2.48. The van der Waals surface area contributed by atoms with Gasteiger partial charge in [0.25, 0.3) is 0 Å².